The average molecular weight is 367 g/mol. The fourth-order valence-corrected chi connectivity index (χ4v) is 5.01. The number of hydrogen-bond donors (Lipinski definition) is 1. The second-order valence-corrected chi connectivity index (χ2v) is 8.44. The van der Waals surface area contributed by atoms with Crippen molar-refractivity contribution < 1.29 is 9.53 Å². The van der Waals surface area contributed by atoms with Crippen molar-refractivity contribution in [3.63, 3.8) is 0 Å². The minimum atomic E-state index is -0.0876. The van der Waals surface area contributed by atoms with Crippen molar-refractivity contribution in [2.45, 2.75) is 59.2 Å². The second-order valence-electron chi connectivity index (χ2n) is 8.44. The van der Waals surface area contributed by atoms with Crippen molar-refractivity contribution in [1.29, 1.82) is 0 Å². The summed E-state index contributed by atoms with van der Waals surface area (Å²) in [5.74, 6) is 3.05. The monoisotopic (exact) mass is 367 g/mol. The normalized spacial score (nSPS) is 24.8. The van der Waals surface area contributed by atoms with E-state index in [9.17, 15) is 4.79 Å². The van der Waals surface area contributed by atoms with E-state index in [1.165, 1.54) is 36.8 Å². The molecule has 1 amide bonds. The molecule has 0 saturated heterocycles. The third-order valence-electron chi connectivity index (χ3n) is 6.23. The van der Waals surface area contributed by atoms with Crippen LogP contribution in [0.25, 0.3) is 0 Å². The van der Waals surface area contributed by atoms with Gasteiger partial charge in [-0.2, -0.15) is 5.10 Å². The maximum atomic E-state index is 12.6. The third-order valence-corrected chi connectivity index (χ3v) is 6.23. The Hall–Kier alpha value is -2.30. The third kappa shape index (κ3) is 4.02. The Kier molecular flexibility index (Phi) is 4.94. The van der Waals surface area contributed by atoms with Gasteiger partial charge >= 0.3 is 0 Å². The van der Waals surface area contributed by atoms with Crippen LogP contribution in [0, 0.1) is 31.6 Å². The van der Waals surface area contributed by atoms with Gasteiger partial charge in [-0.15, -0.1) is 0 Å². The van der Waals surface area contributed by atoms with Gasteiger partial charge in [-0.3, -0.25) is 4.79 Å². The van der Waals surface area contributed by atoms with E-state index < -0.39 is 0 Å². The lowest BCUT2D eigenvalue weighted by molar-refractivity contribution is 0.0908. The number of carbonyl (C=O) groups excluding carboxylic acids is 1. The highest BCUT2D eigenvalue weighted by Crippen LogP contribution is 2.49. The van der Waals surface area contributed by atoms with Crippen molar-refractivity contribution in [2.24, 2.45) is 17.8 Å². The summed E-state index contributed by atoms with van der Waals surface area (Å²) < 4.78 is 7.47. The van der Waals surface area contributed by atoms with E-state index in [1.807, 2.05) is 26.0 Å². The van der Waals surface area contributed by atoms with Gasteiger partial charge in [0.2, 0.25) is 0 Å². The molecule has 5 nitrogen and oxygen atoms in total. The molecule has 0 aliphatic heterocycles. The SMILES string of the molecule is Cc1cc(C)cc(OCn2ccc(C(=O)NC(C)C3CC4CCC3C4)n2)c1. The Bertz CT molecular complexity index is 808. The van der Waals surface area contributed by atoms with Crippen LogP contribution < -0.4 is 10.1 Å². The van der Waals surface area contributed by atoms with Gasteiger partial charge in [0, 0.05) is 12.2 Å². The van der Waals surface area contributed by atoms with E-state index >= 15 is 0 Å². The molecule has 5 heteroatoms. The number of ether oxygens (including phenoxy) is 1. The molecule has 1 N–H and O–H groups in total. The van der Waals surface area contributed by atoms with Crippen LogP contribution in [0.5, 0.6) is 5.75 Å². The molecule has 0 radical (unpaired) electrons. The largest absolute Gasteiger partial charge is 0.471 e. The minimum absolute atomic E-state index is 0.0876. The Labute approximate surface area is 161 Å². The number of aryl methyl sites for hydroxylation is 2. The zero-order valence-electron chi connectivity index (χ0n) is 16.4. The van der Waals surface area contributed by atoms with Crippen LogP contribution in [0.15, 0.2) is 30.5 Å². The smallest absolute Gasteiger partial charge is 0.271 e. The minimum Gasteiger partial charge on any atom is -0.471 e. The summed E-state index contributed by atoms with van der Waals surface area (Å²) >= 11 is 0. The molecule has 2 saturated carbocycles. The number of fused-ring (bicyclic) bond motifs is 2. The number of benzene rings is 1. The van der Waals surface area contributed by atoms with E-state index in [0.717, 1.165) is 17.6 Å². The fourth-order valence-electron chi connectivity index (χ4n) is 5.01. The highest BCUT2D eigenvalue weighted by molar-refractivity contribution is 5.92. The summed E-state index contributed by atoms with van der Waals surface area (Å²) in [6.45, 7) is 6.53. The Morgan fingerprint density at radius 2 is 2.04 bits per heavy atom. The molecule has 4 rings (SSSR count). The van der Waals surface area contributed by atoms with E-state index in [1.54, 1.807) is 16.9 Å². The maximum absolute atomic E-state index is 12.6. The molecule has 144 valence electrons. The number of amides is 1. The lowest BCUT2D eigenvalue weighted by Gasteiger charge is -2.28. The van der Waals surface area contributed by atoms with Crippen molar-refractivity contribution >= 4 is 5.91 Å². The van der Waals surface area contributed by atoms with Gasteiger partial charge < -0.3 is 10.1 Å². The quantitative estimate of drug-likeness (QED) is 0.837. The molecule has 1 aromatic heterocycles. The van der Waals surface area contributed by atoms with Crippen LogP contribution in [0.1, 0.15) is 54.2 Å². The first-order valence-electron chi connectivity index (χ1n) is 10.0. The van der Waals surface area contributed by atoms with Crippen LogP contribution in [0.3, 0.4) is 0 Å². The highest BCUT2D eigenvalue weighted by atomic mass is 16.5. The summed E-state index contributed by atoms with van der Waals surface area (Å²) in [7, 11) is 0. The van der Waals surface area contributed by atoms with Gasteiger partial charge in [-0.1, -0.05) is 12.5 Å². The molecule has 4 atom stereocenters. The van der Waals surface area contributed by atoms with Crippen LogP contribution in [-0.4, -0.2) is 21.7 Å². The molecular formula is C22H29N3O2. The van der Waals surface area contributed by atoms with Crippen molar-refractivity contribution in [1.82, 2.24) is 15.1 Å². The second kappa shape index (κ2) is 7.37. The zero-order chi connectivity index (χ0) is 19.0. The highest BCUT2D eigenvalue weighted by Gasteiger charge is 2.42. The molecule has 1 aromatic carbocycles. The summed E-state index contributed by atoms with van der Waals surface area (Å²) in [5, 5.41) is 7.55. The summed E-state index contributed by atoms with van der Waals surface area (Å²) in [6, 6.07) is 8.08. The van der Waals surface area contributed by atoms with E-state index in [0.29, 0.717) is 11.6 Å². The van der Waals surface area contributed by atoms with Crippen molar-refractivity contribution in [2.75, 3.05) is 0 Å². The number of nitrogens with one attached hydrogen (secondary N) is 1. The van der Waals surface area contributed by atoms with Crippen molar-refractivity contribution in [3.05, 3.63) is 47.3 Å². The van der Waals surface area contributed by atoms with Gasteiger partial charge in [0.15, 0.2) is 6.73 Å². The van der Waals surface area contributed by atoms with Crippen LogP contribution in [0.4, 0.5) is 0 Å². The summed E-state index contributed by atoms with van der Waals surface area (Å²) in [6.07, 6.45) is 7.13. The topological polar surface area (TPSA) is 56.1 Å². The van der Waals surface area contributed by atoms with Crippen LogP contribution >= 0.6 is 0 Å². The molecular weight excluding hydrogens is 338 g/mol. The Morgan fingerprint density at radius 1 is 1.26 bits per heavy atom. The number of carbonyl (C=O) groups is 1. The van der Waals surface area contributed by atoms with Gasteiger partial charge in [-0.05, 0) is 87.1 Å². The molecule has 2 bridgehead atoms. The van der Waals surface area contributed by atoms with Gasteiger partial charge in [0.25, 0.3) is 5.91 Å². The number of hydrogen-bond acceptors (Lipinski definition) is 3. The molecule has 4 unspecified atom stereocenters. The Morgan fingerprint density at radius 3 is 2.70 bits per heavy atom. The zero-order valence-corrected chi connectivity index (χ0v) is 16.4. The molecule has 0 spiro atoms. The number of rotatable bonds is 6. The lowest BCUT2D eigenvalue weighted by atomic mass is 9.84. The van der Waals surface area contributed by atoms with Crippen LogP contribution in [0.2, 0.25) is 0 Å². The van der Waals surface area contributed by atoms with Gasteiger partial charge in [0.1, 0.15) is 11.4 Å². The lowest BCUT2D eigenvalue weighted by Crippen LogP contribution is -2.40. The molecule has 2 aromatic rings. The standard InChI is InChI=1S/C22H29N3O2/c1-14-8-15(2)10-19(9-14)27-13-25-7-6-21(24-25)22(26)23-16(3)20-12-17-4-5-18(20)11-17/h6-10,16-18,20H,4-5,11-13H2,1-3H3,(H,23,26). The van der Waals surface area contributed by atoms with Gasteiger partial charge in [0.05, 0.1) is 0 Å². The number of nitrogens with zero attached hydrogens (tertiary/aromatic N) is 2. The molecule has 2 aliphatic carbocycles. The van der Waals surface area contributed by atoms with Crippen LogP contribution in [-0.2, 0) is 6.73 Å². The molecule has 1 heterocycles. The predicted octanol–water partition coefficient (Wildman–Crippen LogP) is 4.09. The van der Waals surface area contributed by atoms with E-state index in [-0.39, 0.29) is 18.7 Å². The number of aromatic nitrogens is 2. The first kappa shape index (κ1) is 18.1. The van der Waals surface area contributed by atoms with Gasteiger partial charge in [-0.25, -0.2) is 4.68 Å². The molecule has 27 heavy (non-hydrogen) atoms. The van der Waals surface area contributed by atoms with E-state index in [2.05, 4.69) is 23.4 Å². The first-order valence-corrected chi connectivity index (χ1v) is 10.0. The Balaban J connectivity index is 1.32. The summed E-state index contributed by atoms with van der Waals surface area (Å²) in [5.41, 5.74) is 2.79. The fraction of sp³-hybridized carbons (Fsp3) is 0.545. The van der Waals surface area contributed by atoms with Crippen molar-refractivity contribution in [3.8, 4) is 5.75 Å². The predicted molar refractivity (Wildman–Crippen MR) is 105 cm³/mol. The maximum Gasteiger partial charge on any atom is 0.271 e. The molecule has 2 fully saturated rings. The van der Waals surface area contributed by atoms with E-state index in [4.69, 9.17) is 4.74 Å². The first-order chi connectivity index (χ1) is 13.0. The summed E-state index contributed by atoms with van der Waals surface area (Å²) in [4.78, 5) is 12.6. The molecule has 2 aliphatic rings. The average Bonchev–Trinajstić information content (AvgIpc) is 3.35.